The number of fused-ring (bicyclic) bond motifs is 1. The van der Waals surface area contributed by atoms with Crippen molar-refractivity contribution < 1.29 is 0 Å². The molecule has 0 atom stereocenters. The Morgan fingerprint density at radius 1 is 1.08 bits per heavy atom. The molecule has 1 aromatic heterocycles. The minimum atomic E-state index is 0.737. The summed E-state index contributed by atoms with van der Waals surface area (Å²) in [6, 6.07) is 8.75. The van der Waals surface area contributed by atoms with Crippen molar-refractivity contribution in [1.29, 1.82) is 0 Å². The Balaban J connectivity index is 1.47. The van der Waals surface area contributed by atoms with Gasteiger partial charge >= 0.3 is 0 Å². The molecule has 2 aliphatic rings. The van der Waals surface area contributed by atoms with Crippen LogP contribution in [0.5, 0.6) is 0 Å². The SMILES string of the molecule is Clc1ccc2c(c1SCc1ccc(C3CCCC3)cn1)CCNCC2. The zero-order valence-electron chi connectivity index (χ0n) is 14.6. The van der Waals surface area contributed by atoms with Crippen LogP contribution in [0.3, 0.4) is 0 Å². The van der Waals surface area contributed by atoms with Crippen molar-refractivity contribution in [2.24, 2.45) is 0 Å². The van der Waals surface area contributed by atoms with Crippen molar-refractivity contribution in [3.05, 3.63) is 57.9 Å². The highest BCUT2D eigenvalue weighted by Gasteiger charge is 2.18. The molecule has 132 valence electrons. The second-order valence-corrected chi connectivity index (χ2v) is 8.51. The maximum atomic E-state index is 6.53. The van der Waals surface area contributed by atoms with Gasteiger partial charge < -0.3 is 5.32 Å². The molecule has 0 spiro atoms. The van der Waals surface area contributed by atoms with Gasteiger partial charge in [-0.1, -0.05) is 36.6 Å². The molecule has 2 nitrogen and oxygen atoms in total. The number of pyridine rings is 1. The molecule has 0 amide bonds. The Bertz CT molecular complexity index is 723. The summed E-state index contributed by atoms with van der Waals surface area (Å²) in [4.78, 5) is 5.98. The van der Waals surface area contributed by atoms with Crippen LogP contribution in [-0.4, -0.2) is 18.1 Å². The Hall–Kier alpha value is -1.03. The van der Waals surface area contributed by atoms with Crippen LogP contribution >= 0.6 is 23.4 Å². The Morgan fingerprint density at radius 3 is 2.72 bits per heavy atom. The van der Waals surface area contributed by atoms with E-state index in [4.69, 9.17) is 16.6 Å². The molecule has 1 aliphatic heterocycles. The van der Waals surface area contributed by atoms with Crippen molar-refractivity contribution in [2.75, 3.05) is 13.1 Å². The van der Waals surface area contributed by atoms with Crippen LogP contribution in [0.15, 0.2) is 35.4 Å². The fourth-order valence-electron chi connectivity index (χ4n) is 4.03. The van der Waals surface area contributed by atoms with E-state index in [0.717, 1.165) is 48.3 Å². The van der Waals surface area contributed by atoms with E-state index in [0.29, 0.717) is 0 Å². The molecule has 0 saturated heterocycles. The molecule has 1 fully saturated rings. The fraction of sp³-hybridized carbons (Fsp3) is 0.476. The van der Waals surface area contributed by atoms with E-state index in [1.807, 2.05) is 11.8 Å². The predicted molar refractivity (Wildman–Crippen MR) is 107 cm³/mol. The zero-order valence-corrected chi connectivity index (χ0v) is 16.1. The summed E-state index contributed by atoms with van der Waals surface area (Å²) in [5.41, 5.74) is 5.45. The lowest BCUT2D eigenvalue weighted by atomic mass is 9.99. The molecule has 0 radical (unpaired) electrons. The Kier molecular flexibility index (Phi) is 5.64. The molecule has 25 heavy (non-hydrogen) atoms. The van der Waals surface area contributed by atoms with Crippen molar-refractivity contribution >= 4 is 23.4 Å². The maximum Gasteiger partial charge on any atom is 0.0544 e. The number of nitrogens with one attached hydrogen (secondary N) is 1. The minimum absolute atomic E-state index is 0.737. The normalized spacial score (nSPS) is 18.1. The second-order valence-electron chi connectivity index (χ2n) is 7.12. The average molecular weight is 373 g/mol. The summed E-state index contributed by atoms with van der Waals surface area (Å²) in [7, 11) is 0. The first-order valence-corrected chi connectivity index (χ1v) is 10.8. The Labute approximate surface area is 159 Å². The summed E-state index contributed by atoms with van der Waals surface area (Å²) >= 11 is 8.37. The monoisotopic (exact) mass is 372 g/mol. The maximum absolute atomic E-state index is 6.53. The van der Waals surface area contributed by atoms with E-state index in [9.17, 15) is 0 Å². The highest BCUT2D eigenvalue weighted by molar-refractivity contribution is 7.98. The third-order valence-corrected chi connectivity index (χ3v) is 7.09. The van der Waals surface area contributed by atoms with Crippen LogP contribution in [0, 0.1) is 0 Å². The number of hydrogen-bond acceptors (Lipinski definition) is 3. The third kappa shape index (κ3) is 4.05. The van der Waals surface area contributed by atoms with Gasteiger partial charge in [-0.2, -0.15) is 0 Å². The topological polar surface area (TPSA) is 24.9 Å². The molecule has 2 heterocycles. The number of halogens is 1. The summed E-state index contributed by atoms with van der Waals surface area (Å²) in [6.45, 7) is 2.10. The molecule has 1 aliphatic carbocycles. The van der Waals surface area contributed by atoms with Gasteiger partial charge in [0.2, 0.25) is 0 Å². The lowest BCUT2D eigenvalue weighted by molar-refractivity contribution is 0.709. The lowest BCUT2D eigenvalue weighted by Gasteiger charge is -2.14. The number of benzene rings is 1. The second kappa shape index (κ2) is 8.11. The Morgan fingerprint density at radius 2 is 1.92 bits per heavy atom. The van der Waals surface area contributed by atoms with E-state index >= 15 is 0 Å². The molecular formula is C21H25ClN2S. The van der Waals surface area contributed by atoms with E-state index < -0.39 is 0 Å². The first-order chi connectivity index (χ1) is 12.3. The van der Waals surface area contributed by atoms with Crippen molar-refractivity contribution in [1.82, 2.24) is 10.3 Å². The predicted octanol–water partition coefficient (Wildman–Crippen LogP) is 5.37. The molecule has 0 unspecified atom stereocenters. The first kappa shape index (κ1) is 17.4. The minimum Gasteiger partial charge on any atom is -0.316 e. The van der Waals surface area contributed by atoms with Gasteiger partial charge in [-0.25, -0.2) is 0 Å². The smallest absolute Gasteiger partial charge is 0.0544 e. The molecule has 1 saturated carbocycles. The number of aromatic nitrogens is 1. The zero-order chi connectivity index (χ0) is 17.1. The van der Waals surface area contributed by atoms with Crippen LogP contribution in [0.1, 0.15) is 54.0 Å². The van der Waals surface area contributed by atoms with Crippen molar-refractivity contribution in [3.8, 4) is 0 Å². The van der Waals surface area contributed by atoms with Crippen molar-refractivity contribution in [2.45, 2.75) is 55.1 Å². The molecule has 2 aromatic rings. The average Bonchev–Trinajstić information content (AvgIpc) is 3.07. The van der Waals surface area contributed by atoms with Crippen LogP contribution in [-0.2, 0) is 18.6 Å². The number of nitrogens with zero attached hydrogens (tertiary/aromatic N) is 1. The summed E-state index contributed by atoms with van der Waals surface area (Å²) in [5.74, 6) is 1.62. The lowest BCUT2D eigenvalue weighted by Crippen LogP contribution is -2.16. The number of hydrogen-bond donors (Lipinski definition) is 1. The van der Waals surface area contributed by atoms with Gasteiger partial charge in [0, 0.05) is 16.8 Å². The van der Waals surface area contributed by atoms with Crippen LogP contribution in [0.25, 0.3) is 0 Å². The van der Waals surface area contributed by atoms with Gasteiger partial charge in [0.25, 0.3) is 0 Å². The largest absolute Gasteiger partial charge is 0.316 e. The van der Waals surface area contributed by atoms with Gasteiger partial charge in [-0.05, 0) is 73.5 Å². The van der Waals surface area contributed by atoms with Crippen LogP contribution < -0.4 is 5.32 Å². The molecular weight excluding hydrogens is 348 g/mol. The third-order valence-electron chi connectivity index (χ3n) is 5.47. The molecule has 0 bridgehead atoms. The highest BCUT2D eigenvalue weighted by Crippen LogP contribution is 2.36. The summed E-state index contributed by atoms with van der Waals surface area (Å²) in [6.07, 6.45) is 9.65. The summed E-state index contributed by atoms with van der Waals surface area (Å²) < 4.78 is 0. The first-order valence-electron chi connectivity index (χ1n) is 9.40. The van der Waals surface area contributed by atoms with Gasteiger partial charge in [-0.3, -0.25) is 4.98 Å². The highest BCUT2D eigenvalue weighted by atomic mass is 35.5. The molecule has 1 aromatic carbocycles. The van der Waals surface area contributed by atoms with E-state index in [2.05, 4.69) is 35.8 Å². The van der Waals surface area contributed by atoms with E-state index in [1.165, 1.54) is 47.3 Å². The van der Waals surface area contributed by atoms with Crippen molar-refractivity contribution in [3.63, 3.8) is 0 Å². The molecule has 4 rings (SSSR count). The van der Waals surface area contributed by atoms with E-state index in [1.54, 1.807) is 0 Å². The quantitative estimate of drug-likeness (QED) is 0.730. The van der Waals surface area contributed by atoms with Gasteiger partial charge in [0.05, 0.1) is 10.7 Å². The van der Waals surface area contributed by atoms with E-state index in [-0.39, 0.29) is 0 Å². The fourth-order valence-corrected chi connectivity index (χ4v) is 5.45. The van der Waals surface area contributed by atoms with Gasteiger partial charge in [0.15, 0.2) is 0 Å². The molecule has 4 heteroatoms. The summed E-state index contributed by atoms with van der Waals surface area (Å²) in [5, 5.41) is 4.37. The van der Waals surface area contributed by atoms with Crippen LogP contribution in [0.4, 0.5) is 0 Å². The number of thioether (sulfide) groups is 1. The standard InChI is InChI=1S/C21H25ClN2S/c22-20-8-6-16-9-11-23-12-10-19(16)21(20)25-14-18-7-5-17(13-24-18)15-3-1-2-4-15/h5-8,13,15,23H,1-4,9-12,14H2. The molecule has 1 N–H and O–H groups in total. The van der Waals surface area contributed by atoms with Gasteiger partial charge in [-0.15, -0.1) is 11.8 Å². The van der Waals surface area contributed by atoms with Crippen LogP contribution in [0.2, 0.25) is 5.02 Å². The van der Waals surface area contributed by atoms with Gasteiger partial charge in [0.1, 0.15) is 0 Å². The number of rotatable bonds is 4.